The SMILES string of the molecule is CCNC(=NCc1ccc(OCC(F)(F)F)cc1)NCc1csc(CC)n1.I. The van der Waals surface area contributed by atoms with Gasteiger partial charge in [0.25, 0.3) is 0 Å². The third-order valence-electron chi connectivity index (χ3n) is 3.43. The first-order chi connectivity index (χ1) is 12.9. The van der Waals surface area contributed by atoms with Crippen LogP contribution in [-0.2, 0) is 19.5 Å². The average Bonchev–Trinajstić information content (AvgIpc) is 3.10. The maximum absolute atomic E-state index is 12.2. The zero-order chi connectivity index (χ0) is 19.7. The van der Waals surface area contributed by atoms with E-state index in [-0.39, 0.29) is 29.7 Å². The van der Waals surface area contributed by atoms with Gasteiger partial charge in [0.05, 0.1) is 23.8 Å². The van der Waals surface area contributed by atoms with E-state index in [1.165, 1.54) is 12.1 Å². The van der Waals surface area contributed by atoms with Crippen LogP contribution in [0.25, 0.3) is 0 Å². The number of alkyl halides is 3. The summed E-state index contributed by atoms with van der Waals surface area (Å²) in [6, 6.07) is 6.43. The minimum absolute atomic E-state index is 0. The van der Waals surface area contributed by atoms with Crippen molar-refractivity contribution in [2.75, 3.05) is 13.2 Å². The molecule has 0 amide bonds. The molecule has 0 aliphatic carbocycles. The molecular weight excluding hydrogens is 504 g/mol. The van der Waals surface area contributed by atoms with E-state index < -0.39 is 12.8 Å². The molecule has 0 aliphatic heterocycles. The molecule has 28 heavy (non-hydrogen) atoms. The van der Waals surface area contributed by atoms with Crippen LogP contribution in [0.4, 0.5) is 13.2 Å². The van der Waals surface area contributed by atoms with Crippen LogP contribution in [0, 0.1) is 0 Å². The molecule has 0 saturated carbocycles. The van der Waals surface area contributed by atoms with Gasteiger partial charge in [0.1, 0.15) is 5.75 Å². The number of rotatable bonds is 8. The number of aryl methyl sites for hydroxylation is 1. The number of nitrogens with zero attached hydrogens (tertiary/aromatic N) is 2. The standard InChI is InChI=1S/C18H23F3N4OS.HI/c1-3-16-25-14(11-27-16)10-24-17(22-4-2)23-9-13-5-7-15(8-6-13)26-12-18(19,20)21;/h5-8,11H,3-4,9-10,12H2,1-2H3,(H2,22,23,24);1H. The third kappa shape index (κ3) is 9.09. The monoisotopic (exact) mass is 528 g/mol. The predicted molar refractivity (Wildman–Crippen MR) is 117 cm³/mol. The largest absolute Gasteiger partial charge is 0.484 e. The molecule has 0 radical (unpaired) electrons. The number of thiazole rings is 1. The second-order valence-electron chi connectivity index (χ2n) is 5.68. The summed E-state index contributed by atoms with van der Waals surface area (Å²) in [6.45, 7) is 4.43. The van der Waals surface area contributed by atoms with E-state index in [0.717, 1.165) is 22.7 Å². The molecule has 1 heterocycles. The molecular formula is C18H24F3IN4OS. The topological polar surface area (TPSA) is 58.5 Å². The van der Waals surface area contributed by atoms with Crippen molar-refractivity contribution < 1.29 is 17.9 Å². The van der Waals surface area contributed by atoms with Gasteiger partial charge >= 0.3 is 6.18 Å². The molecule has 5 nitrogen and oxygen atoms in total. The number of hydrogen-bond acceptors (Lipinski definition) is 4. The van der Waals surface area contributed by atoms with Gasteiger partial charge in [-0.2, -0.15) is 13.2 Å². The highest BCUT2D eigenvalue weighted by atomic mass is 127. The fourth-order valence-corrected chi connectivity index (χ4v) is 2.88. The highest BCUT2D eigenvalue weighted by Crippen LogP contribution is 2.19. The molecule has 2 rings (SSSR count). The molecule has 0 spiro atoms. The molecule has 0 unspecified atom stereocenters. The van der Waals surface area contributed by atoms with Gasteiger partial charge in [0.15, 0.2) is 12.6 Å². The average molecular weight is 528 g/mol. The van der Waals surface area contributed by atoms with E-state index in [4.69, 9.17) is 4.74 Å². The molecule has 2 aromatic rings. The number of aromatic nitrogens is 1. The number of benzene rings is 1. The number of nitrogens with one attached hydrogen (secondary N) is 2. The third-order valence-corrected chi connectivity index (χ3v) is 4.47. The molecule has 0 fully saturated rings. The van der Waals surface area contributed by atoms with Crippen LogP contribution in [0.5, 0.6) is 5.75 Å². The van der Waals surface area contributed by atoms with Gasteiger partial charge in [0.2, 0.25) is 0 Å². The normalized spacial score (nSPS) is 11.7. The van der Waals surface area contributed by atoms with Crippen molar-refractivity contribution in [3.63, 3.8) is 0 Å². The van der Waals surface area contributed by atoms with Gasteiger partial charge in [0, 0.05) is 11.9 Å². The minimum atomic E-state index is -4.34. The summed E-state index contributed by atoms with van der Waals surface area (Å²) < 4.78 is 41.2. The first-order valence-corrected chi connectivity index (χ1v) is 9.51. The Kier molecular flexibility index (Phi) is 10.6. The van der Waals surface area contributed by atoms with Crippen molar-refractivity contribution in [2.45, 2.75) is 39.5 Å². The lowest BCUT2D eigenvalue weighted by Gasteiger charge is -2.11. The van der Waals surface area contributed by atoms with Gasteiger partial charge in [-0.3, -0.25) is 0 Å². The minimum Gasteiger partial charge on any atom is -0.484 e. The first-order valence-electron chi connectivity index (χ1n) is 8.63. The van der Waals surface area contributed by atoms with Crippen LogP contribution in [-0.4, -0.2) is 30.3 Å². The Bertz CT molecular complexity index is 735. The Morgan fingerprint density at radius 2 is 1.89 bits per heavy atom. The Labute approximate surface area is 183 Å². The van der Waals surface area contributed by atoms with Crippen LogP contribution in [0.15, 0.2) is 34.6 Å². The summed E-state index contributed by atoms with van der Waals surface area (Å²) in [7, 11) is 0. The van der Waals surface area contributed by atoms with Gasteiger partial charge in [-0.15, -0.1) is 35.3 Å². The van der Waals surface area contributed by atoms with E-state index >= 15 is 0 Å². The molecule has 2 N–H and O–H groups in total. The number of guanidine groups is 1. The Morgan fingerprint density at radius 3 is 2.46 bits per heavy atom. The second-order valence-corrected chi connectivity index (χ2v) is 6.63. The summed E-state index contributed by atoms with van der Waals surface area (Å²) in [6.07, 6.45) is -3.42. The molecule has 0 bridgehead atoms. The van der Waals surface area contributed by atoms with Gasteiger partial charge in [-0.05, 0) is 31.0 Å². The van der Waals surface area contributed by atoms with Crippen LogP contribution < -0.4 is 15.4 Å². The number of hydrogen-bond donors (Lipinski definition) is 2. The Hall–Kier alpha value is -1.56. The van der Waals surface area contributed by atoms with E-state index in [1.54, 1.807) is 23.5 Å². The summed E-state index contributed by atoms with van der Waals surface area (Å²) in [5.41, 5.74) is 1.84. The summed E-state index contributed by atoms with van der Waals surface area (Å²) >= 11 is 1.64. The van der Waals surface area contributed by atoms with E-state index in [9.17, 15) is 13.2 Å². The van der Waals surface area contributed by atoms with Crippen LogP contribution in [0.1, 0.15) is 30.1 Å². The number of halogens is 4. The first kappa shape index (κ1) is 24.5. The maximum Gasteiger partial charge on any atom is 0.422 e. The van der Waals surface area contributed by atoms with Crippen molar-refractivity contribution in [1.82, 2.24) is 15.6 Å². The highest BCUT2D eigenvalue weighted by molar-refractivity contribution is 14.0. The highest BCUT2D eigenvalue weighted by Gasteiger charge is 2.28. The Morgan fingerprint density at radius 1 is 1.18 bits per heavy atom. The molecule has 0 atom stereocenters. The van der Waals surface area contributed by atoms with Crippen molar-refractivity contribution in [3.05, 3.63) is 45.9 Å². The molecule has 1 aromatic carbocycles. The summed E-state index contributed by atoms with van der Waals surface area (Å²) in [5.74, 6) is 0.835. The molecule has 0 saturated heterocycles. The predicted octanol–water partition coefficient (Wildman–Crippen LogP) is 4.52. The van der Waals surface area contributed by atoms with Crippen molar-refractivity contribution >= 4 is 41.3 Å². The van der Waals surface area contributed by atoms with Crippen molar-refractivity contribution in [2.24, 2.45) is 4.99 Å². The van der Waals surface area contributed by atoms with Gasteiger partial charge in [-0.25, -0.2) is 9.98 Å². The van der Waals surface area contributed by atoms with E-state index in [2.05, 4.69) is 27.5 Å². The number of ether oxygens (including phenoxy) is 1. The zero-order valence-electron chi connectivity index (χ0n) is 15.7. The second kappa shape index (κ2) is 12.1. The van der Waals surface area contributed by atoms with Gasteiger partial charge < -0.3 is 15.4 Å². The quantitative estimate of drug-likeness (QED) is 0.301. The van der Waals surface area contributed by atoms with E-state index in [0.29, 0.717) is 25.6 Å². The zero-order valence-corrected chi connectivity index (χ0v) is 18.8. The van der Waals surface area contributed by atoms with Crippen LogP contribution in [0.2, 0.25) is 0 Å². The van der Waals surface area contributed by atoms with Crippen LogP contribution in [0.3, 0.4) is 0 Å². The molecule has 0 aliphatic rings. The number of aliphatic imine (C=N–C) groups is 1. The van der Waals surface area contributed by atoms with E-state index in [1.807, 2.05) is 12.3 Å². The fourth-order valence-electron chi connectivity index (χ4n) is 2.14. The Balaban J connectivity index is 0.00000392. The fraction of sp³-hybridized carbons (Fsp3) is 0.444. The molecule has 1 aromatic heterocycles. The molecule has 156 valence electrons. The lowest BCUT2D eigenvalue weighted by molar-refractivity contribution is -0.153. The maximum atomic E-state index is 12.2. The van der Waals surface area contributed by atoms with Crippen molar-refractivity contribution in [1.29, 1.82) is 0 Å². The lowest BCUT2D eigenvalue weighted by Crippen LogP contribution is -2.36. The van der Waals surface area contributed by atoms with Crippen molar-refractivity contribution in [3.8, 4) is 5.75 Å². The van der Waals surface area contributed by atoms with Crippen LogP contribution >= 0.6 is 35.3 Å². The summed E-state index contributed by atoms with van der Waals surface area (Å²) in [5, 5.41) is 9.50. The lowest BCUT2D eigenvalue weighted by atomic mass is 10.2. The summed E-state index contributed by atoms with van der Waals surface area (Å²) in [4.78, 5) is 8.99. The van der Waals surface area contributed by atoms with Gasteiger partial charge in [-0.1, -0.05) is 19.1 Å². The molecule has 10 heteroatoms. The smallest absolute Gasteiger partial charge is 0.422 e.